The quantitative estimate of drug-likeness (QED) is 0.885. The molecule has 4 nitrogen and oxygen atoms in total. The Bertz CT molecular complexity index is 381. The van der Waals surface area contributed by atoms with E-state index in [1.807, 2.05) is 19.2 Å². The van der Waals surface area contributed by atoms with E-state index in [1.165, 1.54) is 12.8 Å². The molecule has 1 fully saturated rings. The number of anilines is 1. The summed E-state index contributed by atoms with van der Waals surface area (Å²) in [6.07, 6.45) is 4.75. The molecule has 106 valence electrons. The minimum atomic E-state index is 0.0658. The van der Waals surface area contributed by atoms with Gasteiger partial charge in [0.1, 0.15) is 5.82 Å². The van der Waals surface area contributed by atoms with Crippen molar-refractivity contribution in [2.75, 3.05) is 25.1 Å². The molecule has 0 saturated carbocycles. The molecule has 0 radical (unpaired) electrons. The average Bonchev–Trinajstić information content (AvgIpc) is 2.47. The first kappa shape index (κ1) is 14.3. The topological polar surface area (TPSA) is 45.6 Å². The Morgan fingerprint density at radius 1 is 1.42 bits per heavy atom. The Balaban J connectivity index is 2.06. The van der Waals surface area contributed by atoms with Crippen molar-refractivity contribution in [3.63, 3.8) is 0 Å². The van der Waals surface area contributed by atoms with Crippen LogP contribution < -0.4 is 4.90 Å². The summed E-state index contributed by atoms with van der Waals surface area (Å²) in [5.41, 5.74) is 1.95. The molecule has 1 saturated heterocycles. The van der Waals surface area contributed by atoms with Gasteiger partial charge in [-0.25, -0.2) is 4.98 Å². The lowest BCUT2D eigenvalue weighted by Gasteiger charge is -2.28. The minimum absolute atomic E-state index is 0.0658. The standard InChI is InChI=1S/C15H24N2O2/c1-3-13-8-12(11-18)9-15(16-13)17(2)10-14-6-4-5-7-19-14/h8-9,14,18H,3-7,10-11H2,1-2H3. The van der Waals surface area contributed by atoms with E-state index in [2.05, 4.69) is 16.8 Å². The minimum Gasteiger partial charge on any atom is -0.392 e. The number of aliphatic hydroxyl groups is 1. The number of pyridine rings is 1. The van der Waals surface area contributed by atoms with Crippen LogP contribution in [0.25, 0.3) is 0 Å². The molecule has 1 aromatic rings. The Labute approximate surface area is 115 Å². The molecule has 2 rings (SSSR count). The van der Waals surface area contributed by atoms with E-state index in [1.54, 1.807) is 0 Å². The zero-order valence-corrected chi connectivity index (χ0v) is 11.9. The summed E-state index contributed by atoms with van der Waals surface area (Å²) in [5, 5.41) is 9.31. The van der Waals surface area contributed by atoms with Crippen molar-refractivity contribution >= 4 is 5.82 Å². The van der Waals surface area contributed by atoms with Gasteiger partial charge in [0, 0.05) is 25.9 Å². The van der Waals surface area contributed by atoms with Gasteiger partial charge in [-0.1, -0.05) is 6.92 Å². The van der Waals surface area contributed by atoms with Gasteiger partial charge < -0.3 is 14.7 Å². The molecule has 1 N–H and O–H groups in total. The fourth-order valence-corrected chi connectivity index (χ4v) is 2.45. The van der Waals surface area contributed by atoms with Gasteiger partial charge in [0.25, 0.3) is 0 Å². The van der Waals surface area contributed by atoms with Crippen molar-refractivity contribution in [3.05, 3.63) is 23.4 Å². The smallest absolute Gasteiger partial charge is 0.128 e. The number of likely N-dealkylation sites (N-methyl/N-ethyl adjacent to an activating group) is 1. The number of aliphatic hydroxyl groups excluding tert-OH is 1. The van der Waals surface area contributed by atoms with Crippen LogP contribution in [0.5, 0.6) is 0 Å². The maximum Gasteiger partial charge on any atom is 0.128 e. The van der Waals surface area contributed by atoms with Crippen LogP contribution in [0.3, 0.4) is 0 Å². The van der Waals surface area contributed by atoms with E-state index in [0.29, 0.717) is 6.10 Å². The van der Waals surface area contributed by atoms with Crippen LogP contribution in [0.1, 0.15) is 37.4 Å². The highest BCUT2D eigenvalue weighted by Gasteiger charge is 2.17. The molecule has 1 aliphatic rings. The number of aryl methyl sites for hydroxylation is 1. The van der Waals surface area contributed by atoms with Gasteiger partial charge in [0.05, 0.1) is 12.7 Å². The molecule has 0 aromatic carbocycles. The second kappa shape index (κ2) is 6.87. The summed E-state index contributed by atoms with van der Waals surface area (Å²) in [4.78, 5) is 6.76. The number of hydrogen-bond acceptors (Lipinski definition) is 4. The third kappa shape index (κ3) is 3.91. The fourth-order valence-electron chi connectivity index (χ4n) is 2.45. The molecule has 4 heteroatoms. The third-order valence-electron chi connectivity index (χ3n) is 3.61. The van der Waals surface area contributed by atoms with E-state index in [-0.39, 0.29) is 6.61 Å². The molecular formula is C15H24N2O2. The first-order valence-corrected chi connectivity index (χ1v) is 7.16. The first-order chi connectivity index (χ1) is 9.22. The summed E-state index contributed by atoms with van der Waals surface area (Å²) >= 11 is 0. The van der Waals surface area contributed by atoms with Crippen molar-refractivity contribution in [3.8, 4) is 0 Å². The van der Waals surface area contributed by atoms with Gasteiger partial charge in [-0.05, 0) is 43.4 Å². The Morgan fingerprint density at radius 3 is 2.89 bits per heavy atom. The SMILES string of the molecule is CCc1cc(CO)cc(N(C)CC2CCCCO2)n1. The van der Waals surface area contributed by atoms with E-state index < -0.39 is 0 Å². The van der Waals surface area contributed by atoms with Gasteiger partial charge in [-0.3, -0.25) is 0 Å². The van der Waals surface area contributed by atoms with E-state index in [4.69, 9.17) is 4.74 Å². The molecule has 1 aliphatic heterocycles. The van der Waals surface area contributed by atoms with Crippen LogP contribution in [-0.4, -0.2) is 36.4 Å². The van der Waals surface area contributed by atoms with Crippen molar-refractivity contribution < 1.29 is 9.84 Å². The Kier molecular flexibility index (Phi) is 5.16. The van der Waals surface area contributed by atoms with Crippen molar-refractivity contribution in [2.24, 2.45) is 0 Å². The van der Waals surface area contributed by atoms with Crippen LogP contribution in [0.4, 0.5) is 5.82 Å². The van der Waals surface area contributed by atoms with Gasteiger partial charge in [0.2, 0.25) is 0 Å². The third-order valence-corrected chi connectivity index (χ3v) is 3.61. The average molecular weight is 264 g/mol. The van der Waals surface area contributed by atoms with Crippen LogP contribution in [-0.2, 0) is 17.8 Å². The van der Waals surface area contributed by atoms with Crippen LogP contribution in [0.2, 0.25) is 0 Å². The predicted octanol–water partition coefficient (Wildman–Crippen LogP) is 2.14. The highest BCUT2D eigenvalue weighted by Crippen LogP contribution is 2.18. The summed E-state index contributed by atoms with van der Waals surface area (Å²) in [7, 11) is 2.04. The number of aromatic nitrogens is 1. The molecule has 0 aliphatic carbocycles. The zero-order valence-electron chi connectivity index (χ0n) is 11.9. The van der Waals surface area contributed by atoms with E-state index >= 15 is 0 Å². The lowest BCUT2D eigenvalue weighted by Crippen LogP contribution is -2.33. The highest BCUT2D eigenvalue weighted by molar-refractivity contribution is 5.42. The van der Waals surface area contributed by atoms with E-state index in [9.17, 15) is 5.11 Å². The summed E-state index contributed by atoms with van der Waals surface area (Å²) < 4.78 is 5.76. The molecule has 0 spiro atoms. The second-order valence-electron chi connectivity index (χ2n) is 5.21. The summed E-state index contributed by atoms with van der Waals surface area (Å²) in [6.45, 7) is 3.89. The van der Waals surface area contributed by atoms with E-state index in [0.717, 1.165) is 43.1 Å². The van der Waals surface area contributed by atoms with Crippen molar-refractivity contribution in [1.82, 2.24) is 4.98 Å². The molecular weight excluding hydrogens is 240 g/mol. The number of nitrogens with zero attached hydrogens (tertiary/aromatic N) is 2. The van der Waals surface area contributed by atoms with Crippen molar-refractivity contribution in [1.29, 1.82) is 0 Å². The largest absolute Gasteiger partial charge is 0.392 e. The van der Waals surface area contributed by atoms with Gasteiger partial charge in [0.15, 0.2) is 0 Å². The lowest BCUT2D eigenvalue weighted by atomic mass is 10.1. The molecule has 0 amide bonds. The molecule has 2 heterocycles. The van der Waals surface area contributed by atoms with Crippen LogP contribution in [0.15, 0.2) is 12.1 Å². The first-order valence-electron chi connectivity index (χ1n) is 7.16. The molecule has 1 aromatic heterocycles. The Morgan fingerprint density at radius 2 is 2.26 bits per heavy atom. The number of rotatable bonds is 5. The van der Waals surface area contributed by atoms with Crippen LogP contribution >= 0.6 is 0 Å². The zero-order chi connectivity index (χ0) is 13.7. The maximum absolute atomic E-state index is 9.31. The second-order valence-corrected chi connectivity index (χ2v) is 5.21. The summed E-state index contributed by atoms with van der Waals surface area (Å²) in [6, 6.07) is 3.93. The lowest BCUT2D eigenvalue weighted by molar-refractivity contribution is 0.0215. The fraction of sp³-hybridized carbons (Fsp3) is 0.667. The highest BCUT2D eigenvalue weighted by atomic mass is 16.5. The monoisotopic (exact) mass is 264 g/mol. The van der Waals surface area contributed by atoms with Gasteiger partial charge in [-0.15, -0.1) is 0 Å². The molecule has 19 heavy (non-hydrogen) atoms. The van der Waals surface area contributed by atoms with Gasteiger partial charge >= 0.3 is 0 Å². The predicted molar refractivity (Wildman–Crippen MR) is 76.4 cm³/mol. The number of ether oxygens (including phenoxy) is 1. The molecule has 1 unspecified atom stereocenters. The normalized spacial score (nSPS) is 19.4. The van der Waals surface area contributed by atoms with Gasteiger partial charge in [-0.2, -0.15) is 0 Å². The molecule has 0 bridgehead atoms. The molecule has 1 atom stereocenters. The van der Waals surface area contributed by atoms with Crippen molar-refractivity contribution in [2.45, 2.75) is 45.3 Å². The Hall–Kier alpha value is -1.13. The maximum atomic E-state index is 9.31. The summed E-state index contributed by atoms with van der Waals surface area (Å²) in [5.74, 6) is 0.928. The van der Waals surface area contributed by atoms with Crippen LogP contribution in [0, 0.1) is 0 Å². The number of hydrogen-bond donors (Lipinski definition) is 1.